The maximum absolute atomic E-state index is 11.3. The molecule has 0 saturated carbocycles. The van der Waals surface area contributed by atoms with E-state index in [-0.39, 0.29) is 5.91 Å². The van der Waals surface area contributed by atoms with E-state index in [0.717, 1.165) is 22.0 Å². The lowest BCUT2D eigenvalue weighted by Crippen LogP contribution is -2.05. The summed E-state index contributed by atoms with van der Waals surface area (Å²) in [5.74, 6) is 0.606. The number of benzene rings is 2. The van der Waals surface area contributed by atoms with Gasteiger partial charge in [0.15, 0.2) is 11.5 Å². The van der Waals surface area contributed by atoms with Crippen molar-refractivity contribution < 1.29 is 4.79 Å². The average molecular weight is 402 g/mol. The van der Waals surface area contributed by atoms with Gasteiger partial charge in [0.1, 0.15) is 17.3 Å². The van der Waals surface area contributed by atoms with Crippen LogP contribution in [-0.2, 0) is 4.79 Å². The Morgan fingerprint density at radius 2 is 2.00 bits per heavy atom. The number of carbonyl (C=O) groups is 1. The lowest BCUT2D eigenvalue weighted by Gasteiger charge is -2.10. The standard InChI is InChI=1S/C21H18N6OS/c1-13(28)24-16-8-6-14(7-9-16)19-21(25-17-4-3-5-18(10-17)29-2)27-20(26-19)15(11-22)12-23-27/h3-10,12,23,25H,1-2H3,(H,24,28). The average Bonchev–Trinajstić information content (AvgIpc) is 3.28. The zero-order chi connectivity index (χ0) is 20.4. The molecule has 0 saturated heterocycles. The molecule has 0 unspecified atom stereocenters. The first kappa shape index (κ1) is 18.7. The van der Waals surface area contributed by atoms with Gasteiger partial charge in [0.25, 0.3) is 0 Å². The van der Waals surface area contributed by atoms with E-state index in [1.165, 1.54) is 6.92 Å². The van der Waals surface area contributed by atoms with E-state index in [4.69, 9.17) is 4.98 Å². The Morgan fingerprint density at radius 1 is 1.21 bits per heavy atom. The fourth-order valence-corrected chi connectivity index (χ4v) is 3.53. The van der Waals surface area contributed by atoms with Crippen molar-refractivity contribution in [2.75, 3.05) is 16.9 Å². The number of amides is 1. The fraction of sp³-hybridized carbons (Fsp3) is 0.0952. The zero-order valence-corrected chi connectivity index (χ0v) is 16.7. The molecule has 0 spiro atoms. The summed E-state index contributed by atoms with van der Waals surface area (Å²) in [6.45, 7) is 1.47. The lowest BCUT2D eigenvalue weighted by molar-refractivity contribution is -0.114. The number of nitrogens with zero attached hydrogens (tertiary/aromatic N) is 3. The minimum atomic E-state index is -0.122. The molecule has 0 aliphatic rings. The van der Waals surface area contributed by atoms with Crippen LogP contribution in [-0.4, -0.2) is 26.8 Å². The number of carbonyl (C=O) groups excluding carboxylic acids is 1. The fourth-order valence-electron chi connectivity index (χ4n) is 3.07. The molecule has 29 heavy (non-hydrogen) atoms. The molecule has 0 atom stereocenters. The first-order valence-corrected chi connectivity index (χ1v) is 10.1. The molecule has 8 heteroatoms. The molecule has 2 heterocycles. The number of nitrogens with one attached hydrogen (secondary N) is 3. The molecule has 7 nitrogen and oxygen atoms in total. The molecular formula is C21H18N6OS. The van der Waals surface area contributed by atoms with Crippen LogP contribution in [0.1, 0.15) is 12.5 Å². The quantitative estimate of drug-likeness (QED) is 0.423. The highest BCUT2D eigenvalue weighted by Gasteiger charge is 2.18. The number of imidazole rings is 1. The van der Waals surface area contributed by atoms with E-state index < -0.39 is 0 Å². The van der Waals surface area contributed by atoms with Crippen molar-refractivity contribution in [2.24, 2.45) is 0 Å². The largest absolute Gasteiger partial charge is 0.338 e. The van der Waals surface area contributed by atoms with Crippen molar-refractivity contribution in [1.82, 2.24) is 14.6 Å². The minimum absolute atomic E-state index is 0.122. The minimum Gasteiger partial charge on any atom is -0.338 e. The molecule has 0 aliphatic carbocycles. The number of rotatable bonds is 5. The summed E-state index contributed by atoms with van der Waals surface area (Å²) in [5, 5.41) is 18.7. The van der Waals surface area contributed by atoms with Gasteiger partial charge in [-0.1, -0.05) is 18.2 Å². The predicted molar refractivity (Wildman–Crippen MR) is 116 cm³/mol. The van der Waals surface area contributed by atoms with Crippen LogP contribution < -0.4 is 10.6 Å². The molecule has 0 fully saturated rings. The van der Waals surface area contributed by atoms with Gasteiger partial charge in [-0.3, -0.25) is 9.89 Å². The number of aromatic nitrogens is 3. The Bertz CT molecular complexity index is 1230. The Hall–Kier alpha value is -3.70. The Labute approximate surface area is 171 Å². The van der Waals surface area contributed by atoms with Crippen LogP contribution in [0.2, 0.25) is 0 Å². The number of thioether (sulfide) groups is 1. The second-order valence-corrected chi connectivity index (χ2v) is 7.26. The van der Waals surface area contributed by atoms with Gasteiger partial charge in [0.05, 0.1) is 0 Å². The normalized spacial score (nSPS) is 10.7. The number of fused-ring (bicyclic) bond motifs is 1. The Balaban J connectivity index is 1.80. The number of nitriles is 1. The van der Waals surface area contributed by atoms with Gasteiger partial charge in [-0.15, -0.1) is 11.8 Å². The maximum Gasteiger partial charge on any atom is 0.221 e. The number of H-pyrrole nitrogens is 1. The summed E-state index contributed by atoms with van der Waals surface area (Å²) >= 11 is 1.67. The first-order chi connectivity index (χ1) is 14.1. The third-order valence-corrected chi connectivity index (χ3v) is 5.11. The van der Waals surface area contributed by atoms with E-state index in [2.05, 4.69) is 27.9 Å². The van der Waals surface area contributed by atoms with Crippen molar-refractivity contribution in [1.29, 1.82) is 5.26 Å². The van der Waals surface area contributed by atoms with Crippen LogP contribution in [0.3, 0.4) is 0 Å². The molecule has 0 bridgehead atoms. The van der Waals surface area contributed by atoms with Gasteiger partial charge < -0.3 is 10.6 Å². The van der Waals surface area contributed by atoms with Gasteiger partial charge in [0, 0.05) is 35.0 Å². The van der Waals surface area contributed by atoms with Crippen LogP contribution in [0.4, 0.5) is 17.2 Å². The van der Waals surface area contributed by atoms with Crippen LogP contribution in [0, 0.1) is 11.3 Å². The number of hydrogen-bond acceptors (Lipinski definition) is 5. The molecular weight excluding hydrogens is 384 g/mol. The summed E-state index contributed by atoms with van der Waals surface area (Å²) < 4.78 is 1.77. The van der Waals surface area contributed by atoms with E-state index in [0.29, 0.717) is 22.6 Å². The second kappa shape index (κ2) is 7.73. The highest BCUT2D eigenvalue weighted by molar-refractivity contribution is 7.98. The van der Waals surface area contributed by atoms with E-state index in [1.54, 1.807) is 22.5 Å². The molecule has 144 valence electrons. The molecule has 2 aromatic heterocycles. The SMILES string of the molecule is CSc1cccc(Nc2c(-c3ccc(NC(C)=O)cc3)nc3c(C#N)c[nH]n23)c1. The van der Waals surface area contributed by atoms with Gasteiger partial charge in [-0.2, -0.15) is 5.26 Å². The molecule has 3 N–H and O–H groups in total. The molecule has 2 aromatic carbocycles. The van der Waals surface area contributed by atoms with Crippen LogP contribution >= 0.6 is 11.8 Å². The first-order valence-electron chi connectivity index (χ1n) is 8.88. The number of aromatic amines is 1. The highest BCUT2D eigenvalue weighted by Crippen LogP contribution is 2.33. The van der Waals surface area contributed by atoms with Crippen molar-refractivity contribution in [3.8, 4) is 17.3 Å². The zero-order valence-electron chi connectivity index (χ0n) is 15.9. The topological polar surface area (TPSA) is 98.0 Å². The van der Waals surface area contributed by atoms with Crippen LogP contribution in [0.15, 0.2) is 59.6 Å². The molecule has 0 aliphatic heterocycles. The van der Waals surface area contributed by atoms with E-state index in [1.807, 2.05) is 48.7 Å². The van der Waals surface area contributed by atoms with Crippen LogP contribution in [0.25, 0.3) is 16.9 Å². The Kier molecular flexibility index (Phi) is 4.97. The van der Waals surface area contributed by atoms with Gasteiger partial charge >= 0.3 is 0 Å². The van der Waals surface area contributed by atoms with Crippen molar-refractivity contribution in [3.63, 3.8) is 0 Å². The third-order valence-electron chi connectivity index (χ3n) is 4.39. The molecule has 1 amide bonds. The van der Waals surface area contributed by atoms with Gasteiger partial charge in [0.2, 0.25) is 5.91 Å². The lowest BCUT2D eigenvalue weighted by atomic mass is 10.1. The summed E-state index contributed by atoms with van der Waals surface area (Å²) in [7, 11) is 0. The van der Waals surface area contributed by atoms with Crippen molar-refractivity contribution >= 4 is 40.5 Å². The second-order valence-electron chi connectivity index (χ2n) is 6.38. The van der Waals surface area contributed by atoms with E-state index >= 15 is 0 Å². The highest BCUT2D eigenvalue weighted by atomic mass is 32.2. The van der Waals surface area contributed by atoms with Gasteiger partial charge in [-0.05, 0) is 36.6 Å². The van der Waals surface area contributed by atoms with Crippen LogP contribution in [0.5, 0.6) is 0 Å². The summed E-state index contributed by atoms with van der Waals surface area (Å²) in [4.78, 5) is 17.1. The molecule has 0 radical (unpaired) electrons. The summed E-state index contributed by atoms with van der Waals surface area (Å²) in [6, 6.07) is 17.7. The predicted octanol–water partition coefficient (Wildman–Crippen LogP) is 4.62. The maximum atomic E-state index is 11.3. The van der Waals surface area contributed by atoms with E-state index in [9.17, 15) is 10.1 Å². The smallest absolute Gasteiger partial charge is 0.221 e. The third kappa shape index (κ3) is 3.68. The van der Waals surface area contributed by atoms with Crippen molar-refractivity contribution in [2.45, 2.75) is 11.8 Å². The monoisotopic (exact) mass is 402 g/mol. The Morgan fingerprint density at radius 3 is 2.69 bits per heavy atom. The summed E-state index contributed by atoms with van der Waals surface area (Å²) in [6.07, 6.45) is 3.66. The molecule has 4 rings (SSSR count). The number of hydrogen-bond donors (Lipinski definition) is 3. The van der Waals surface area contributed by atoms with Crippen molar-refractivity contribution in [3.05, 3.63) is 60.3 Å². The number of anilines is 3. The molecule has 4 aromatic rings. The van der Waals surface area contributed by atoms with Gasteiger partial charge in [-0.25, -0.2) is 9.50 Å². The summed E-state index contributed by atoms with van der Waals surface area (Å²) in [5.41, 5.74) is 4.22.